The van der Waals surface area contributed by atoms with Gasteiger partial charge in [-0.25, -0.2) is 4.79 Å². The van der Waals surface area contributed by atoms with Crippen LogP contribution in [0.5, 0.6) is 0 Å². The second-order valence-electron chi connectivity index (χ2n) is 6.25. The van der Waals surface area contributed by atoms with Gasteiger partial charge in [0.1, 0.15) is 18.1 Å². The molecule has 10 heteroatoms. The maximum atomic E-state index is 12.8. The normalized spacial score (nSPS) is 20.3. The van der Waals surface area contributed by atoms with Gasteiger partial charge in [0.2, 0.25) is 11.8 Å². The molecule has 1 aliphatic rings. The molecule has 3 N–H and O–H groups in total. The number of hydrogen-bond donors (Lipinski definition) is 3. The van der Waals surface area contributed by atoms with Crippen LogP contribution in [0.2, 0.25) is 10.0 Å². The quantitative estimate of drug-likeness (QED) is 0.611. The Hall–Kier alpha value is -2.32. The Labute approximate surface area is 166 Å². The van der Waals surface area contributed by atoms with E-state index in [0.717, 1.165) is 4.90 Å². The van der Waals surface area contributed by atoms with E-state index in [1.807, 2.05) is 0 Å². The van der Waals surface area contributed by atoms with Crippen molar-refractivity contribution in [2.24, 2.45) is 0 Å². The van der Waals surface area contributed by atoms with Gasteiger partial charge in [-0.05, 0) is 32.9 Å². The Morgan fingerprint density at radius 3 is 2.56 bits per heavy atom. The van der Waals surface area contributed by atoms with Crippen LogP contribution in [-0.4, -0.2) is 47.8 Å². The third kappa shape index (κ3) is 4.33. The van der Waals surface area contributed by atoms with Crippen LogP contribution in [-0.2, 0) is 19.9 Å². The van der Waals surface area contributed by atoms with Gasteiger partial charge in [0.05, 0.1) is 0 Å². The minimum absolute atomic E-state index is 0.217. The highest BCUT2D eigenvalue weighted by molar-refractivity contribution is 6.35. The highest BCUT2D eigenvalue weighted by atomic mass is 35.5. The van der Waals surface area contributed by atoms with Gasteiger partial charge in [0.15, 0.2) is 0 Å². The number of imide groups is 1. The van der Waals surface area contributed by atoms with Crippen molar-refractivity contribution in [3.05, 3.63) is 33.8 Å². The van der Waals surface area contributed by atoms with E-state index in [-0.39, 0.29) is 10.9 Å². The summed E-state index contributed by atoms with van der Waals surface area (Å²) in [7, 11) is 0. The minimum atomic E-state index is -1.43. The Morgan fingerprint density at radius 1 is 1.30 bits per heavy atom. The molecule has 0 radical (unpaired) electrons. The van der Waals surface area contributed by atoms with Crippen LogP contribution in [0.4, 0.5) is 4.79 Å². The Kier molecular flexibility index (Phi) is 6.33. The number of halogens is 2. The lowest BCUT2D eigenvalue weighted by Gasteiger charge is -2.23. The van der Waals surface area contributed by atoms with E-state index in [2.05, 4.69) is 16.0 Å². The molecule has 1 aromatic carbocycles. The molecule has 8 nitrogen and oxygen atoms in total. The number of urea groups is 1. The third-order valence-corrected chi connectivity index (χ3v) is 4.72. The number of carbonyl (C=O) groups excluding carboxylic acids is 4. The summed E-state index contributed by atoms with van der Waals surface area (Å²) in [5, 5.41) is 8.18. The van der Waals surface area contributed by atoms with E-state index >= 15 is 0 Å². The molecule has 27 heavy (non-hydrogen) atoms. The molecular formula is C17H20Cl2N4O4. The minimum Gasteiger partial charge on any atom is -0.355 e. The van der Waals surface area contributed by atoms with Crippen molar-refractivity contribution in [1.82, 2.24) is 20.9 Å². The van der Waals surface area contributed by atoms with Crippen LogP contribution in [0, 0.1) is 0 Å². The first-order valence-corrected chi connectivity index (χ1v) is 9.02. The van der Waals surface area contributed by atoms with Gasteiger partial charge >= 0.3 is 6.03 Å². The largest absolute Gasteiger partial charge is 0.355 e. The molecule has 5 amide bonds. The zero-order valence-electron chi connectivity index (χ0n) is 15.1. The molecule has 146 valence electrons. The van der Waals surface area contributed by atoms with Crippen LogP contribution in [0.1, 0.15) is 26.3 Å². The second kappa shape index (κ2) is 8.14. The van der Waals surface area contributed by atoms with Crippen molar-refractivity contribution >= 4 is 47.0 Å². The van der Waals surface area contributed by atoms with E-state index < -0.39 is 36.0 Å². The fourth-order valence-corrected chi connectivity index (χ4v) is 3.34. The molecule has 2 rings (SSSR count). The van der Waals surface area contributed by atoms with Gasteiger partial charge in [-0.1, -0.05) is 29.3 Å². The lowest BCUT2D eigenvalue weighted by molar-refractivity contribution is -0.135. The molecule has 0 aliphatic carbocycles. The molecular weight excluding hydrogens is 395 g/mol. The maximum absolute atomic E-state index is 12.8. The zero-order valence-corrected chi connectivity index (χ0v) is 16.6. The van der Waals surface area contributed by atoms with Gasteiger partial charge in [-0.2, -0.15) is 0 Å². The summed E-state index contributed by atoms with van der Waals surface area (Å²) in [5.74, 6) is -1.62. The number of carbonyl (C=O) groups is 4. The van der Waals surface area contributed by atoms with Gasteiger partial charge in [-0.15, -0.1) is 0 Å². The molecule has 0 spiro atoms. The fourth-order valence-electron chi connectivity index (χ4n) is 2.74. The van der Waals surface area contributed by atoms with E-state index in [9.17, 15) is 19.2 Å². The fraction of sp³-hybridized carbons (Fsp3) is 0.412. The molecule has 1 saturated heterocycles. The summed E-state index contributed by atoms with van der Waals surface area (Å²) in [6, 6.07) is 3.04. The van der Waals surface area contributed by atoms with E-state index in [4.69, 9.17) is 23.2 Å². The predicted molar refractivity (Wildman–Crippen MR) is 100 cm³/mol. The molecule has 1 aromatic rings. The zero-order chi connectivity index (χ0) is 20.4. The van der Waals surface area contributed by atoms with Crippen LogP contribution in [0.3, 0.4) is 0 Å². The van der Waals surface area contributed by atoms with Gasteiger partial charge < -0.3 is 16.0 Å². The summed E-state index contributed by atoms with van der Waals surface area (Å²) >= 11 is 12.0. The van der Waals surface area contributed by atoms with E-state index in [1.54, 1.807) is 19.1 Å². The molecule has 1 heterocycles. The number of hydrogen-bond acceptors (Lipinski definition) is 4. The highest BCUT2D eigenvalue weighted by Gasteiger charge is 2.50. The van der Waals surface area contributed by atoms with Crippen molar-refractivity contribution in [3.8, 4) is 0 Å². The van der Waals surface area contributed by atoms with Crippen molar-refractivity contribution in [1.29, 1.82) is 0 Å². The van der Waals surface area contributed by atoms with Crippen LogP contribution >= 0.6 is 23.2 Å². The summed E-state index contributed by atoms with van der Waals surface area (Å²) < 4.78 is 0. The highest BCUT2D eigenvalue weighted by Crippen LogP contribution is 2.34. The van der Waals surface area contributed by atoms with Crippen LogP contribution in [0.15, 0.2) is 18.2 Å². The maximum Gasteiger partial charge on any atom is 0.325 e. The number of nitrogens with zero attached hydrogens (tertiary/aromatic N) is 1. The Morgan fingerprint density at radius 2 is 1.96 bits per heavy atom. The van der Waals surface area contributed by atoms with Gasteiger partial charge in [-0.3, -0.25) is 19.3 Å². The standard InChI is InChI=1S/C17H20Cl2N4O4/c1-4-20-14(25)9(2)21-13(24)8-23-15(26)17(3,22-16(23)27)11-6-5-10(18)7-12(11)19/h5-7,9H,4,8H2,1-3H3,(H,20,25)(H,21,24)(H,22,27)/t9-,17-/m0/s1. The number of amides is 5. The molecule has 0 aromatic heterocycles. The van der Waals surface area contributed by atoms with E-state index in [1.165, 1.54) is 19.9 Å². The average molecular weight is 415 g/mol. The predicted octanol–water partition coefficient (Wildman–Crippen LogP) is 1.40. The van der Waals surface area contributed by atoms with Crippen molar-refractivity contribution in [3.63, 3.8) is 0 Å². The van der Waals surface area contributed by atoms with Crippen LogP contribution < -0.4 is 16.0 Å². The topological polar surface area (TPSA) is 108 Å². The third-order valence-electron chi connectivity index (χ3n) is 4.17. The number of nitrogens with one attached hydrogen (secondary N) is 3. The summed E-state index contributed by atoms with van der Waals surface area (Å²) in [6.45, 7) is 4.66. The van der Waals surface area contributed by atoms with Crippen molar-refractivity contribution < 1.29 is 19.2 Å². The van der Waals surface area contributed by atoms with E-state index in [0.29, 0.717) is 17.1 Å². The van der Waals surface area contributed by atoms with Crippen LogP contribution in [0.25, 0.3) is 0 Å². The first kappa shape index (κ1) is 21.0. The second-order valence-corrected chi connectivity index (χ2v) is 7.10. The Balaban J connectivity index is 2.14. The number of rotatable bonds is 6. The lowest BCUT2D eigenvalue weighted by Crippen LogP contribution is -2.49. The van der Waals surface area contributed by atoms with Gasteiger partial charge in [0, 0.05) is 22.2 Å². The summed E-state index contributed by atoms with van der Waals surface area (Å²) in [4.78, 5) is 49.7. The molecule has 0 unspecified atom stereocenters. The monoisotopic (exact) mass is 414 g/mol. The molecule has 1 aliphatic heterocycles. The molecule has 1 fully saturated rings. The molecule has 2 atom stereocenters. The van der Waals surface area contributed by atoms with Crippen molar-refractivity contribution in [2.45, 2.75) is 32.4 Å². The average Bonchev–Trinajstić information content (AvgIpc) is 2.78. The first-order valence-electron chi connectivity index (χ1n) is 8.26. The molecule has 0 bridgehead atoms. The Bertz CT molecular complexity index is 801. The van der Waals surface area contributed by atoms with Gasteiger partial charge in [0.25, 0.3) is 5.91 Å². The first-order chi connectivity index (χ1) is 12.6. The number of benzene rings is 1. The molecule has 0 saturated carbocycles. The lowest BCUT2D eigenvalue weighted by atomic mass is 9.92. The van der Waals surface area contributed by atoms with Crippen molar-refractivity contribution in [2.75, 3.05) is 13.1 Å². The summed E-state index contributed by atoms with van der Waals surface area (Å²) in [6.07, 6.45) is 0. The number of likely N-dealkylation sites (N-methyl/N-ethyl adjacent to an activating group) is 1. The smallest absolute Gasteiger partial charge is 0.325 e. The SMILES string of the molecule is CCNC(=O)[C@H](C)NC(=O)CN1C(=O)N[C@@](C)(c2ccc(Cl)cc2Cl)C1=O. The summed E-state index contributed by atoms with van der Waals surface area (Å²) in [5.41, 5.74) is -1.06.